The van der Waals surface area contributed by atoms with Gasteiger partial charge in [-0.3, -0.25) is 19.1 Å². The maximum absolute atomic E-state index is 14.1. The van der Waals surface area contributed by atoms with Crippen LogP contribution in [0.1, 0.15) is 42.5 Å². The van der Waals surface area contributed by atoms with Gasteiger partial charge in [-0.25, -0.2) is 8.42 Å². The fraction of sp³-hybridized carbons (Fsp3) is 0.367. The van der Waals surface area contributed by atoms with E-state index in [1.165, 1.54) is 10.4 Å². The average Bonchev–Trinajstić information content (AvgIpc) is 3.00. The van der Waals surface area contributed by atoms with E-state index in [2.05, 4.69) is 10.3 Å². The number of hydrogen-bond donors (Lipinski definition) is 2. The first kappa shape index (κ1) is 33.5. The lowest BCUT2D eigenvalue weighted by Gasteiger charge is -2.41. The Morgan fingerprint density at radius 2 is 1.82 bits per heavy atom. The van der Waals surface area contributed by atoms with E-state index in [1.807, 2.05) is 37.3 Å². The molecule has 1 unspecified atom stereocenters. The molecule has 0 radical (unpaired) electrons. The Bertz CT molecular complexity index is 1750. The molecule has 44 heavy (non-hydrogen) atoms. The molecule has 2 N–H and O–H groups in total. The van der Waals surface area contributed by atoms with E-state index in [9.17, 15) is 26.4 Å². The van der Waals surface area contributed by atoms with Crippen LogP contribution in [0, 0.1) is 6.92 Å². The molecule has 4 rings (SSSR count). The van der Waals surface area contributed by atoms with Crippen LogP contribution in [0.15, 0.2) is 65.8 Å². The number of carbonyl (C=O) groups excluding carboxylic acids is 2. The lowest BCUT2D eigenvalue weighted by atomic mass is 9.95. The molecule has 236 valence electrons. The van der Waals surface area contributed by atoms with Crippen LogP contribution in [-0.4, -0.2) is 79.3 Å². The van der Waals surface area contributed by atoms with E-state index in [0.717, 1.165) is 23.1 Å². The predicted molar refractivity (Wildman–Crippen MR) is 167 cm³/mol. The molecule has 11 nitrogen and oxygen atoms in total. The quantitative estimate of drug-likeness (QED) is 0.295. The second-order valence-electron chi connectivity index (χ2n) is 10.5. The number of nitrogens with one attached hydrogen (secondary N) is 1. The van der Waals surface area contributed by atoms with Crippen molar-refractivity contribution in [2.45, 2.75) is 44.0 Å². The Labute approximate surface area is 263 Å². The third kappa shape index (κ3) is 8.02. The van der Waals surface area contributed by atoms with Gasteiger partial charge in [0.05, 0.1) is 16.7 Å². The van der Waals surface area contributed by atoms with E-state index >= 15 is 0 Å². The van der Waals surface area contributed by atoms with Gasteiger partial charge in [-0.15, -0.1) is 0 Å². The highest BCUT2D eigenvalue weighted by molar-refractivity contribution is 7.89. The van der Waals surface area contributed by atoms with Gasteiger partial charge >= 0.3 is 0 Å². The maximum Gasteiger partial charge on any atom is 0.266 e. The number of rotatable bonds is 11. The van der Waals surface area contributed by atoms with Crippen molar-refractivity contribution < 1.29 is 31.0 Å². The summed E-state index contributed by atoms with van der Waals surface area (Å²) in [5.41, 5.74) is 4.05. The van der Waals surface area contributed by atoms with Gasteiger partial charge in [-0.05, 0) is 65.4 Å². The van der Waals surface area contributed by atoms with Crippen molar-refractivity contribution in [1.29, 1.82) is 0 Å². The van der Waals surface area contributed by atoms with Crippen LogP contribution in [0.4, 0.5) is 0 Å². The number of halogens is 1. The largest absolute Gasteiger partial charge is 0.355 e. The number of nitrogens with zero attached hydrogens (tertiary/aromatic N) is 3. The molecule has 3 aromatic rings. The molecule has 0 spiro atoms. The van der Waals surface area contributed by atoms with Crippen molar-refractivity contribution in [3.8, 4) is 11.1 Å². The van der Waals surface area contributed by atoms with Gasteiger partial charge in [0, 0.05) is 56.4 Å². The fourth-order valence-corrected chi connectivity index (χ4v) is 7.67. The number of aryl methyl sites for hydroxylation is 1. The number of benzene rings is 2. The zero-order valence-electron chi connectivity index (χ0n) is 24.4. The molecular formula is C30H35ClN4O7S2. The van der Waals surface area contributed by atoms with Crippen molar-refractivity contribution in [2.75, 3.05) is 31.9 Å². The molecule has 1 aliphatic heterocycles. The third-order valence-electron chi connectivity index (χ3n) is 7.60. The molecule has 2 amide bonds. The van der Waals surface area contributed by atoms with Crippen molar-refractivity contribution in [2.24, 2.45) is 0 Å². The zero-order chi connectivity index (χ0) is 32.1. The van der Waals surface area contributed by atoms with Crippen LogP contribution in [0.3, 0.4) is 0 Å². The van der Waals surface area contributed by atoms with Gasteiger partial charge in [0.1, 0.15) is 0 Å². The molecule has 2 aromatic carbocycles. The summed E-state index contributed by atoms with van der Waals surface area (Å²) in [6, 6.07) is 13.5. The summed E-state index contributed by atoms with van der Waals surface area (Å²) in [6.45, 7) is 3.60. The highest BCUT2D eigenvalue weighted by Crippen LogP contribution is 2.36. The van der Waals surface area contributed by atoms with Gasteiger partial charge in [0.25, 0.3) is 10.1 Å². The summed E-state index contributed by atoms with van der Waals surface area (Å²) in [6.07, 6.45) is 3.94. The van der Waals surface area contributed by atoms with Crippen LogP contribution in [0.2, 0.25) is 5.02 Å². The normalized spacial score (nSPS) is 16.1. The molecule has 1 aliphatic rings. The van der Waals surface area contributed by atoms with E-state index in [-0.39, 0.29) is 49.8 Å². The molecule has 14 heteroatoms. The van der Waals surface area contributed by atoms with Crippen LogP contribution in [-0.2, 0) is 36.2 Å². The van der Waals surface area contributed by atoms with Gasteiger partial charge in [0.15, 0.2) is 0 Å². The summed E-state index contributed by atoms with van der Waals surface area (Å²) >= 11 is 6.29. The van der Waals surface area contributed by atoms with Crippen molar-refractivity contribution >= 4 is 43.6 Å². The first-order valence-corrected chi connectivity index (χ1v) is 17.5. The number of aromatic nitrogens is 1. The van der Waals surface area contributed by atoms with Crippen molar-refractivity contribution in [3.05, 3.63) is 82.6 Å². The molecule has 1 aromatic heterocycles. The molecule has 1 atom stereocenters. The Morgan fingerprint density at radius 3 is 2.55 bits per heavy atom. The zero-order valence-corrected chi connectivity index (χ0v) is 26.8. The predicted octanol–water partition coefficient (Wildman–Crippen LogP) is 3.63. The highest BCUT2D eigenvalue weighted by atomic mass is 35.5. The Hall–Kier alpha value is -3.36. The summed E-state index contributed by atoms with van der Waals surface area (Å²) in [5.74, 6) is -1.50. The van der Waals surface area contributed by atoms with E-state index < -0.39 is 37.8 Å². The lowest BCUT2D eigenvalue weighted by molar-refractivity contribution is -0.135. The minimum Gasteiger partial charge on any atom is -0.355 e. The van der Waals surface area contributed by atoms with Crippen LogP contribution in [0.5, 0.6) is 0 Å². The number of amides is 2. The van der Waals surface area contributed by atoms with Crippen molar-refractivity contribution in [1.82, 2.24) is 19.5 Å². The van der Waals surface area contributed by atoms with E-state index in [1.54, 1.807) is 36.4 Å². The Morgan fingerprint density at radius 1 is 1.07 bits per heavy atom. The summed E-state index contributed by atoms with van der Waals surface area (Å²) < 4.78 is 60.2. The first-order chi connectivity index (χ1) is 20.8. The fourth-order valence-electron chi connectivity index (χ4n) is 5.24. The number of pyridine rings is 1. The molecule has 0 bridgehead atoms. The molecule has 0 saturated carbocycles. The number of carbonyl (C=O) groups is 2. The third-order valence-corrected chi connectivity index (χ3v) is 10.8. The minimum atomic E-state index is -4.22. The molecule has 0 aliphatic carbocycles. The summed E-state index contributed by atoms with van der Waals surface area (Å²) in [7, 11) is -8.26. The molecular weight excluding hydrogens is 628 g/mol. The van der Waals surface area contributed by atoms with E-state index in [4.69, 9.17) is 16.2 Å². The van der Waals surface area contributed by atoms with Crippen molar-refractivity contribution in [3.63, 3.8) is 0 Å². The minimum absolute atomic E-state index is 0.0188. The highest BCUT2D eigenvalue weighted by Gasteiger charge is 2.39. The van der Waals surface area contributed by atoms with E-state index in [0.29, 0.717) is 16.1 Å². The molecule has 1 fully saturated rings. The topological polar surface area (TPSA) is 154 Å². The van der Waals surface area contributed by atoms with Gasteiger partial charge in [-0.2, -0.15) is 12.7 Å². The van der Waals surface area contributed by atoms with Gasteiger partial charge in [-0.1, -0.05) is 42.8 Å². The number of sulfonamides is 1. The number of piperazine rings is 1. The summed E-state index contributed by atoms with van der Waals surface area (Å²) in [4.78, 5) is 31.3. The lowest BCUT2D eigenvalue weighted by Crippen LogP contribution is -2.52. The summed E-state index contributed by atoms with van der Waals surface area (Å²) in [5, 5.41) is 2.70. The Balaban J connectivity index is 1.62. The number of hydrogen-bond acceptors (Lipinski definition) is 7. The average molecular weight is 663 g/mol. The second kappa shape index (κ2) is 14.2. The van der Waals surface area contributed by atoms with Crippen LogP contribution >= 0.6 is 11.6 Å². The molecule has 2 heterocycles. The smallest absolute Gasteiger partial charge is 0.266 e. The first-order valence-electron chi connectivity index (χ1n) is 14.1. The van der Waals surface area contributed by atoms with Crippen LogP contribution in [0.25, 0.3) is 11.1 Å². The van der Waals surface area contributed by atoms with Gasteiger partial charge in [0.2, 0.25) is 21.8 Å². The van der Waals surface area contributed by atoms with Crippen LogP contribution < -0.4 is 5.32 Å². The second-order valence-corrected chi connectivity index (χ2v) is 14.3. The maximum atomic E-state index is 14.1. The SMILES string of the molecule is CCc1cnccc1-c1cccc(C2CN(C(=O)CCC(=O)NCCS(=O)(=O)O)CCN2S(=O)(=O)c2cccc(Cl)c2C)c1. The standard InChI is InChI=1S/C30H35ClN4O7S2/c1-3-22-19-32-13-12-25(22)23-6-4-7-24(18-23)27-20-34(30(37)11-10-29(36)33-14-17-43(38,39)40)15-16-35(27)44(41,42)28-9-5-8-26(31)21(28)2/h4-9,12-13,18-19,27H,3,10-11,14-17,20H2,1-2H3,(H,33,36)(H,38,39,40). The molecule has 1 saturated heterocycles. The Kier molecular flexibility index (Phi) is 10.8. The van der Waals surface area contributed by atoms with Gasteiger partial charge < -0.3 is 10.2 Å². The monoisotopic (exact) mass is 662 g/mol.